The summed E-state index contributed by atoms with van der Waals surface area (Å²) < 4.78 is 5.31. The van der Waals surface area contributed by atoms with Crippen LogP contribution in [-0.4, -0.2) is 68.6 Å². The molecule has 1 atom stereocenters. The second-order valence-corrected chi connectivity index (χ2v) is 10.5. The first-order valence-electron chi connectivity index (χ1n) is 12.4. The molecular formula is C26H32N4O4S. The number of likely N-dealkylation sites (N-methyl/N-ethyl adjacent to an activating group) is 1. The van der Waals surface area contributed by atoms with Crippen molar-refractivity contribution in [2.45, 2.75) is 45.1 Å². The molecule has 5 rings (SSSR count). The van der Waals surface area contributed by atoms with Gasteiger partial charge in [-0.05, 0) is 69.5 Å². The average Bonchev–Trinajstić information content (AvgIpc) is 3.36. The number of anilines is 3. The zero-order valence-corrected chi connectivity index (χ0v) is 21.2. The predicted molar refractivity (Wildman–Crippen MR) is 138 cm³/mol. The van der Waals surface area contributed by atoms with E-state index in [1.54, 1.807) is 6.92 Å². The van der Waals surface area contributed by atoms with E-state index in [4.69, 9.17) is 4.74 Å². The van der Waals surface area contributed by atoms with Crippen molar-refractivity contribution in [2.24, 2.45) is 0 Å². The fourth-order valence-electron chi connectivity index (χ4n) is 5.12. The Balaban J connectivity index is 1.34. The van der Waals surface area contributed by atoms with E-state index in [0.717, 1.165) is 73.7 Å². The number of rotatable bonds is 6. The molecule has 2 amide bonds. The Morgan fingerprint density at radius 1 is 1.09 bits per heavy atom. The van der Waals surface area contributed by atoms with E-state index in [2.05, 4.69) is 34.3 Å². The van der Waals surface area contributed by atoms with Gasteiger partial charge in [0.1, 0.15) is 11.0 Å². The number of benzene rings is 1. The molecule has 3 aliphatic rings. The van der Waals surface area contributed by atoms with Crippen LogP contribution in [0.3, 0.4) is 0 Å². The number of nitrogens with one attached hydrogen (secondary N) is 1. The van der Waals surface area contributed by atoms with Gasteiger partial charge in [0.15, 0.2) is 0 Å². The summed E-state index contributed by atoms with van der Waals surface area (Å²) in [5.41, 5.74) is 3.31. The molecule has 2 saturated heterocycles. The molecule has 0 bridgehead atoms. The first-order valence-corrected chi connectivity index (χ1v) is 13.3. The van der Waals surface area contributed by atoms with Gasteiger partial charge < -0.3 is 19.9 Å². The molecular weight excluding hydrogens is 464 g/mol. The molecule has 1 unspecified atom stereocenters. The van der Waals surface area contributed by atoms with Crippen molar-refractivity contribution in [3.8, 4) is 0 Å². The van der Waals surface area contributed by atoms with Crippen LogP contribution in [0.1, 0.15) is 47.0 Å². The van der Waals surface area contributed by atoms with E-state index >= 15 is 0 Å². The van der Waals surface area contributed by atoms with Crippen LogP contribution >= 0.6 is 11.3 Å². The van der Waals surface area contributed by atoms with Gasteiger partial charge in [-0.1, -0.05) is 0 Å². The van der Waals surface area contributed by atoms with Crippen molar-refractivity contribution in [1.82, 2.24) is 4.90 Å². The number of ether oxygens (including phenoxy) is 1. The third-order valence-corrected chi connectivity index (χ3v) is 8.34. The van der Waals surface area contributed by atoms with E-state index in [0.29, 0.717) is 10.6 Å². The van der Waals surface area contributed by atoms with Gasteiger partial charge in [0.05, 0.1) is 18.6 Å². The number of carbonyl (C=O) groups excluding carboxylic acids is 3. The summed E-state index contributed by atoms with van der Waals surface area (Å²) in [6.45, 7) is 6.06. The van der Waals surface area contributed by atoms with Gasteiger partial charge in [0, 0.05) is 42.4 Å². The van der Waals surface area contributed by atoms with Gasteiger partial charge in [0.2, 0.25) is 5.91 Å². The molecule has 1 aliphatic carbocycles. The number of thiophene rings is 1. The van der Waals surface area contributed by atoms with Gasteiger partial charge in [-0.2, -0.15) is 0 Å². The summed E-state index contributed by atoms with van der Waals surface area (Å²) >= 11 is 1.39. The summed E-state index contributed by atoms with van der Waals surface area (Å²) in [5.74, 6) is -1.05. The second-order valence-electron chi connectivity index (χ2n) is 9.42. The Bertz CT molecular complexity index is 1120. The van der Waals surface area contributed by atoms with E-state index < -0.39 is 12.0 Å². The maximum atomic E-state index is 13.4. The number of fused-ring (bicyclic) bond motifs is 1. The van der Waals surface area contributed by atoms with E-state index in [-0.39, 0.29) is 24.8 Å². The number of hydrogen-bond acceptors (Lipinski definition) is 8. The summed E-state index contributed by atoms with van der Waals surface area (Å²) in [6, 6.07) is 7.37. The highest BCUT2D eigenvalue weighted by Gasteiger charge is 2.43. The van der Waals surface area contributed by atoms with Crippen molar-refractivity contribution in [2.75, 3.05) is 55.0 Å². The van der Waals surface area contributed by atoms with E-state index in [1.807, 2.05) is 12.1 Å². The van der Waals surface area contributed by atoms with Gasteiger partial charge in [0.25, 0.3) is 5.91 Å². The van der Waals surface area contributed by atoms with Crippen LogP contribution in [0.2, 0.25) is 0 Å². The Morgan fingerprint density at radius 3 is 2.51 bits per heavy atom. The van der Waals surface area contributed by atoms with Crippen molar-refractivity contribution in [3.05, 3.63) is 40.3 Å². The minimum Gasteiger partial charge on any atom is -0.462 e. The number of piperazine rings is 1. The number of aryl methyl sites for hydroxylation is 1. The smallest absolute Gasteiger partial charge is 0.341 e. The molecule has 1 aromatic heterocycles. The Hall–Kier alpha value is -2.91. The average molecular weight is 497 g/mol. The van der Waals surface area contributed by atoms with Crippen molar-refractivity contribution in [1.29, 1.82) is 0 Å². The third kappa shape index (κ3) is 4.67. The van der Waals surface area contributed by atoms with Crippen molar-refractivity contribution >= 4 is 45.5 Å². The minimum atomic E-state index is -0.661. The van der Waals surface area contributed by atoms with Crippen LogP contribution in [0, 0.1) is 0 Å². The summed E-state index contributed by atoms with van der Waals surface area (Å²) in [7, 11) is 2.13. The zero-order valence-electron chi connectivity index (χ0n) is 20.3. The molecule has 0 radical (unpaired) electrons. The topological polar surface area (TPSA) is 82.2 Å². The van der Waals surface area contributed by atoms with E-state index in [9.17, 15) is 14.4 Å². The summed E-state index contributed by atoms with van der Waals surface area (Å²) in [4.78, 5) is 46.2. The highest BCUT2D eigenvalue weighted by molar-refractivity contribution is 7.17. The first-order chi connectivity index (χ1) is 17.0. The lowest BCUT2D eigenvalue weighted by Gasteiger charge is -2.34. The molecule has 35 heavy (non-hydrogen) atoms. The fourth-order valence-corrected chi connectivity index (χ4v) is 6.51. The SMILES string of the molecule is CCOC(=O)c1c(N2C(=O)CC(Nc3ccc(N4CCN(C)CC4)cc3)C2=O)sc2c1CCCC2. The number of imide groups is 1. The van der Waals surface area contributed by atoms with E-state index in [1.165, 1.54) is 16.2 Å². The summed E-state index contributed by atoms with van der Waals surface area (Å²) in [5, 5.41) is 3.67. The molecule has 186 valence electrons. The lowest BCUT2D eigenvalue weighted by Crippen LogP contribution is -2.44. The minimum absolute atomic E-state index is 0.0594. The summed E-state index contributed by atoms with van der Waals surface area (Å²) in [6.07, 6.45) is 3.74. The van der Waals surface area contributed by atoms with Gasteiger partial charge in [-0.15, -0.1) is 11.3 Å². The Kier molecular flexibility index (Phi) is 6.80. The standard InChI is InChI=1S/C26H32N4O4S/c1-3-34-26(33)23-19-6-4-5-7-21(19)35-25(23)30-22(31)16-20(24(30)32)27-17-8-10-18(11-9-17)29-14-12-28(2)13-15-29/h8-11,20,27H,3-7,12-16H2,1-2H3. The fraction of sp³-hybridized carbons (Fsp3) is 0.500. The van der Waals surface area contributed by atoms with Crippen LogP contribution in [0.15, 0.2) is 24.3 Å². The normalized spacial score (nSPS) is 20.8. The van der Waals surface area contributed by atoms with Crippen LogP contribution in [0.5, 0.6) is 0 Å². The first kappa shape index (κ1) is 23.8. The van der Waals surface area contributed by atoms with Crippen molar-refractivity contribution in [3.63, 3.8) is 0 Å². The van der Waals surface area contributed by atoms with Gasteiger partial charge in [-0.25, -0.2) is 9.69 Å². The number of nitrogens with zero attached hydrogens (tertiary/aromatic N) is 3. The molecule has 3 heterocycles. The molecule has 1 aromatic carbocycles. The van der Waals surface area contributed by atoms with Crippen LogP contribution in [0.25, 0.3) is 0 Å². The molecule has 9 heteroatoms. The molecule has 0 spiro atoms. The Morgan fingerprint density at radius 2 is 1.80 bits per heavy atom. The van der Waals surface area contributed by atoms with Crippen molar-refractivity contribution < 1.29 is 19.1 Å². The quantitative estimate of drug-likeness (QED) is 0.485. The largest absolute Gasteiger partial charge is 0.462 e. The predicted octanol–water partition coefficient (Wildman–Crippen LogP) is 3.30. The number of esters is 1. The maximum absolute atomic E-state index is 13.4. The number of carbonyl (C=O) groups is 3. The second kappa shape index (κ2) is 9.99. The molecule has 2 aromatic rings. The van der Waals surface area contributed by atoms with Crippen LogP contribution in [0.4, 0.5) is 16.4 Å². The molecule has 0 saturated carbocycles. The maximum Gasteiger partial charge on any atom is 0.341 e. The highest BCUT2D eigenvalue weighted by Crippen LogP contribution is 2.42. The molecule has 1 N–H and O–H groups in total. The third-order valence-electron chi connectivity index (χ3n) is 7.06. The van der Waals surface area contributed by atoms with Crippen LogP contribution < -0.4 is 15.1 Å². The van der Waals surface area contributed by atoms with Gasteiger partial charge >= 0.3 is 5.97 Å². The van der Waals surface area contributed by atoms with Gasteiger partial charge in [-0.3, -0.25) is 9.59 Å². The molecule has 8 nitrogen and oxygen atoms in total. The molecule has 2 fully saturated rings. The number of amides is 2. The lowest BCUT2D eigenvalue weighted by atomic mass is 9.95. The number of hydrogen-bond donors (Lipinski definition) is 1. The molecule has 2 aliphatic heterocycles. The highest BCUT2D eigenvalue weighted by atomic mass is 32.1. The Labute approximate surface area is 209 Å². The lowest BCUT2D eigenvalue weighted by molar-refractivity contribution is -0.121. The zero-order chi connectivity index (χ0) is 24.5. The monoisotopic (exact) mass is 496 g/mol. The van der Waals surface area contributed by atoms with Crippen LogP contribution in [-0.2, 0) is 27.2 Å².